The molecule has 0 atom stereocenters. The molecule has 0 unspecified atom stereocenters. The normalized spacial score (nSPS) is 12.5. The first-order valence-electron chi connectivity index (χ1n) is 7.43. The van der Waals surface area contributed by atoms with Gasteiger partial charge in [0.05, 0.1) is 9.79 Å². The molecule has 0 bridgehead atoms. The van der Waals surface area contributed by atoms with E-state index in [1.807, 2.05) is 13.8 Å². The lowest BCUT2D eigenvalue weighted by molar-refractivity contribution is 0.576. The molecule has 2 N–H and O–H groups in total. The van der Waals surface area contributed by atoms with E-state index in [-0.39, 0.29) is 9.79 Å². The number of nitrogens with one attached hydrogen (secondary N) is 2. The van der Waals surface area contributed by atoms with Gasteiger partial charge in [0.2, 0.25) is 20.0 Å². The minimum Gasteiger partial charge on any atom is -0.211 e. The van der Waals surface area contributed by atoms with Crippen molar-refractivity contribution < 1.29 is 16.8 Å². The summed E-state index contributed by atoms with van der Waals surface area (Å²) in [6, 6.07) is 5.39. The Morgan fingerprint density at radius 2 is 1.23 bits per heavy atom. The molecule has 0 aromatic heterocycles. The van der Waals surface area contributed by atoms with Gasteiger partial charge in [-0.15, -0.1) is 0 Å². The minimum absolute atomic E-state index is 0.0398. The van der Waals surface area contributed by atoms with Gasteiger partial charge >= 0.3 is 0 Å². The highest BCUT2D eigenvalue weighted by molar-refractivity contribution is 7.90. The third-order valence-corrected chi connectivity index (χ3v) is 5.99. The first kappa shape index (κ1) is 19.1. The molecule has 0 fully saturated rings. The van der Waals surface area contributed by atoms with Gasteiger partial charge in [-0.05, 0) is 31.0 Å². The summed E-state index contributed by atoms with van der Waals surface area (Å²) in [6.45, 7) is 4.60. The Balaban J connectivity index is 2.94. The van der Waals surface area contributed by atoms with Gasteiger partial charge in [0.1, 0.15) is 0 Å². The highest BCUT2D eigenvalue weighted by Crippen LogP contribution is 2.15. The summed E-state index contributed by atoms with van der Waals surface area (Å²) in [7, 11) is -7.37. The van der Waals surface area contributed by atoms with Crippen molar-refractivity contribution in [2.75, 3.05) is 13.1 Å². The zero-order valence-electron chi connectivity index (χ0n) is 13.0. The Hall–Kier alpha value is -0.960. The number of unbranched alkanes of at least 4 members (excludes halogenated alkanes) is 2. The van der Waals surface area contributed by atoms with E-state index in [2.05, 4.69) is 9.44 Å². The van der Waals surface area contributed by atoms with E-state index in [0.717, 1.165) is 25.7 Å². The van der Waals surface area contributed by atoms with E-state index < -0.39 is 20.0 Å². The maximum atomic E-state index is 12.1. The Morgan fingerprint density at radius 3 is 1.59 bits per heavy atom. The van der Waals surface area contributed by atoms with Gasteiger partial charge in [-0.25, -0.2) is 26.3 Å². The molecule has 0 saturated heterocycles. The van der Waals surface area contributed by atoms with Crippen LogP contribution in [0.2, 0.25) is 0 Å². The summed E-state index contributed by atoms with van der Waals surface area (Å²) in [6.07, 6.45) is 3.21. The second-order valence-electron chi connectivity index (χ2n) is 4.98. The van der Waals surface area contributed by atoms with Crippen LogP contribution < -0.4 is 9.44 Å². The molecular weight excluding hydrogens is 324 g/mol. The standard InChI is InChI=1S/C14H24N2O4S2/c1-3-5-10-15-21(17,18)13-8-7-9-14(12-13)22(19,20)16-11-6-4-2/h7-9,12,15-16H,3-6,10-11H2,1-2H3. The molecule has 0 heterocycles. The van der Waals surface area contributed by atoms with Crippen molar-refractivity contribution in [3.63, 3.8) is 0 Å². The van der Waals surface area contributed by atoms with Crippen molar-refractivity contribution in [2.24, 2.45) is 0 Å². The van der Waals surface area contributed by atoms with Crippen LogP contribution in [0.5, 0.6) is 0 Å². The lowest BCUT2D eigenvalue weighted by Crippen LogP contribution is -2.27. The third-order valence-electron chi connectivity index (χ3n) is 3.07. The van der Waals surface area contributed by atoms with Crippen LogP contribution in [0.3, 0.4) is 0 Å². The first-order chi connectivity index (χ1) is 10.3. The zero-order chi connectivity index (χ0) is 16.6. The molecule has 22 heavy (non-hydrogen) atoms. The molecule has 1 rings (SSSR count). The van der Waals surface area contributed by atoms with E-state index in [4.69, 9.17) is 0 Å². The van der Waals surface area contributed by atoms with Crippen LogP contribution >= 0.6 is 0 Å². The maximum absolute atomic E-state index is 12.1. The van der Waals surface area contributed by atoms with Gasteiger partial charge in [0.15, 0.2) is 0 Å². The van der Waals surface area contributed by atoms with Crippen molar-refractivity contribution in [3.05, 3.63) is 24.3 Å². The lowest BCUT2D eigenvalue weighted by atomic mass is 10.3. The Kier molecular flexibility index (Phi) is 7.47. The average Bonchev–Trinajstić information content (AvgIpc) is 2.48. The van der Waals surface area contributed by atoms with Crippen LogP contribution in [0.25, 0.3) is 0 Å². The number of rotatable bonds is 10. The molecule has 0 aliphatic carbocycles. The van der Waals surface area contributed by atoms with Crippen molar-refractivity contribution in [1.82, 2.24) is 9.44 Å². The van der Waals surface area contributed by atoms with Crippen LogP contribution in [0.4, 0.5) is 0 Å². The fraction of sp³-hybridized carbons (Fsp3) is 0.571. The van der Waals surface area contributed by atoms with Crippen molar-refractivity contribution in [2.45, 2.75) is 49.3 Å². The molecule has 0 spiro atoms. The van der Waals surface area contributed by atoms with Crippen molar-refractivity contribution in [3.8, 4) is 0 Å². The largest absolute Gasteiger partial charge is 0.240 e. The van der Waals surface area contributed by atoms with Crippen LogP contribution in [-0.2, 0) is 20.0 Å². The van der Waals surface area contributed by atoms with Gasteiger partial charge in [-0.1, -0.05) is 32.8 Å². The molecule has 0 aliphatic rings. The predicted molar refractivity (Wildman–Crippen MR) is 86.6 cm³/mol. The average molecular weight is 348 g/mol. The lowest BCUT2D eigenvalue weighted by Gasteiger charge is -2.09. The molecule has 126 valence electrons. The SMILES string of the molecule is CCCCNS(=O)(=O)c1cccc(S(=O)(=O)NCCCC)c1. The first-order valence-corrected chi connectivity index (χ1v) is 10.4. The number of hydrogen-bond acceptors (Lipinski definition) is 4. The fourth-order valence-corrected chi connectivity index (χ4v) is 4.06. The van der Waals surface area contributed by atoms with Crippen molar-refractivity contribution in [1.29, 1.82) is 0 Å². The monoisotopic (exact) mass is 348 g/mol. The van der Waals surface area contributed by atoms with E-state index in [1.165, 1.54) is 24.3 Å². The summed E-state index contributed by atoms with van der Waals surface area (Å²) in [4.78, 5) is -0.0797. The van der Waals surface area contributed by atoms with Crippen molar-refractivity contribution >= 4 is 20.0 Å². The summed E-state index contributed by atoms with van der Waals surface area (Å²) >= 11 is 0. The maximum Gasteiger partial charge on any atom is 0.240 e. The van der Waals surface area contributed by atoms with Gasteiger partial charge in [-0.2, -0.15) is 0 Å². The van der Waals surface area contributed by atoms with E-state index in [0.29, 0.717) is 13.1 Å². The smallest absolute Gasteiger partial charge is 0.211 e. The van der Waals surface area contributed by atoms with E-state index in [1.54, 1.807) is 0 Å². The highest BCUT2D eigenvalue weighted by atomic mass is 32.2. The van der Waals surface area contributed by atoms with Crippen LogP contribution in [-0.4, -0.2) is 29.9 Å². The summed E-state index contributed by atoms with van der Waals surface area (Å²) in [5.41, 5.74) is 0. The molecule has 0 saturated carbocycles. The van der Waals surface area contributed by atoms with Crippen LogP contribution in [0.1, 0.15) is 39.5 Å². The molecule has 0 aliphatic heterocycles. The number of sulfonamides is 2. The molecule has 0 radical (unpaired) electrons. The Morgan fingerprint density at radius 1 is 0.818 bits per heavy atom. The minimum atomic E-state index is -3.68. The Labute approximate surface area is 133 Å². The zero-order valence-corrected chi connectivity index (χ0v) is 14.6. The third kappa shape index (κ3) is 5.68. The second-order valence-corrected chi connectivity index (χ2v) is 8.51. The second kappa shape index (κ2) is 8.61. The molecule has 1 aromatic rings. The van der Waals surface area contributed by atoms with Gasteiger partial charge in [0.25, 0.3) is 0 Å². The number of hydrogen-bond donors (Lipinski definition) is 2. The van der Waals surface area contributed by atoms with Crippen LogP contribution in [0.15, 0.2) is 34.1 Å². The fourth-order valence-electron chi connectivity index (χ4n) is 1.74. The van der Waals surface area contributed by atoms with Gasteiger partial charge < -0.3 is 0 Å². The summed E-state index contributed by atoms with van der Waals surface area (Å²) in [5, 5.41) is 0. The van der Waals surface area contributed by atoms with Crippen LogP contribution in [0, 0.1) is 0 Å². The highest BCUT2D eigenvalue weighted by Gasteiger charge is 2.18. The molecular formula is C14H24N2O4S2. The molecule has 6 nitrogen and oxygen atoms in total. The van der Waals surface area contributed by atoms with Gasteiger partial charge in [-0.3, -0.25) is 0 Å². The number of benzene rings is 1. The summed E-state index contributed by atoms with van der Waals surface area (Å²) < 4.78 is 53.4. The van der Waals surface area contributed by atoms with Gasteiger partial charge in [0, 0.05) is 13.1 Å². The quantitative estimate of drug-likeness (QED) is 0.631. The van der Waals surface area contributed by atoms with E-state index in [9.17, 15) is 16.8 Å². The molecule has 0 amide bonds. The van der Waals surface area contributed by atoms with E-state index >= 15 is 0 Å². The Bertz CT molecular complexity index is 615. The topological polar surface area (TPSA) is 92.3 Å². The molecule has 8 heteroatoms. The molecule has 1 aromatic carbocycles. The summed E-state index contributed by atoms with van der Waals surface area (Å²) in [5.74, 6) is 0. The predicted octanol–water partition coefficient (Wildman–Crippen LogP) is 1.84.